The lowest BCUT2D eigenvalue weighted by molar-refractivity contribution is 0.0695. The van der Waals surface area contributed by atoms with E-state index in [1.807, 2.05) is 4.90 Å². The van der Waals surface area contributed by atoms with Gasteiger partial charge in [0.15, 0.2) is 0 Å². The summed E-state index contributed by atoms with van der Waals surface area (Å²) in [5.41, 5.74) is 0.466. The second-order valence-electron chi connectivity index (χ2n) is 7.80. The fourth-order valence-corrected chi connectivity index (χ4v) is 4.46. The van der Waals surface area contributed by atoms with Crippen LogP contribution >= 0.6 is 0 Å². The van der Waals surface area contributed by atoms with Crippen LogP contribution in [-0.4, -0.2) is 68.0 Å². The molecule has 2 aliphatic rings. The molecule has 10 heteroatoms. The second-order valence-corrected chi connectivity index (χ2v) is 7.80. The molecule has 0 bridgehead atoms. The number of aromatic carboxylic acids is 1. The fourth-order valence-electron chi connectivity index (χ4n) is 4.46. The van der Waals surface area contributed by atoms with Crippen LogP contribution in [0.4, 0.5) is 10.2 Å². The van der Waals surface area contributed by atoms with Crippen molar-refractivity contribution in [3.05, 3.63) is 65.9 Å². The Morgan fingerprint density at radius 2 is 1.71 bits per heavy atom. The zero-order valence-electron chi connectivity index (χ0n) is 16.4. The van der Waals surface area contributed by atoms with E-state index < -0.39 is 11.8 Å². The van der Waals surface area contributed by atoms with Crippen molar-refractivity contribution in [2.45, 2.75) is 0 Å². The van der Waals surface area contributed by atoms with Crippen molar-refractivity contribution in [2.75, 3.05) is 31.1 Å². The van der Waals surface area contributed by atoms with Gasteiger partial charge >= 0.3 is 5.97 Å². The zero-order valence-corrected chi connectivity index (χ0v) is 16.4. The van der Waals surface area contributed by atoms with Gasteiger partial charge in [0.1, 0.15) is 22.9 Å². The average molecular weight is 422 g/mol. The van der Waals surface area contributed by atoms with Crippen molar-refractivity contribution in [1.29, 1.82) is 0 Å². The molecule has 2 aromatic heterocycles. The van der Waals surface area contributed by atoms with E-state index in [2.05, 4.69) is 15.2 Å². The van der Waals surface area contributed by atoms with Crippen molar-refractivity contribution in [2.24, 2.45) is 11.8 Å². The van der Waals surface area contributed by atoms with Crippen molar-refractivity contribution in [1.82, 2.24) is 24.9 Å². The topological polar surface area (TPSA) is 104 Å². The van der Waals surface area contributed by atoms with E-state index >= 15 is 0 Å². The van der Waals surface area contributed by atoms with Gasteiger partial charge in [0, 0.05) is 44.2 Å². The maximum Gasteiger partial charge on any atom is 0.335 e. The number of pyridine rings is 1. The molecule has 3 aromatic rings. The molecular formula is C21H19FN6O3. The normalized spacial score (nSPS) is 20.2. The van der Waals surface area contributed by atoms with Gasteiger partial charge in [-0.1, -0.05) is 6.07 Å². The average Bonchev–Trinajstić information content (AvgIpc) is 3.49. The minimum atomic E-state index is -0.993. The maximum atomic E-state index is 14.6. The first-order chi connectivity index (χ1) is 15.0. The molecule has 0 spiro atoms. The molecule has 1 aromatic carbocycles. The largest absolute Gasteiger partial charge is 0.478 e. The lowest BCUT2D eigenvalue weighted by Gasteiger charge is -2.23. The number of anilines is 1. The number of halogens is 1. The number of fused-ring (bicyclic) bond motifs is 1. The summed E-state index contributed by atoms with van der Waals surface area (Å²) in [5.74, 6) is -0.944. The van der Waals surface area contributed by atoms with Gasteiger partial charge in [0.05, 0.1) is 18.0 Å². The Morgan fingerprint density at radius 1 is 1.00 bits per heavy atom. The highest BCUT2D eigenvalue weighted by molar-refractivity contribution is 5.98. The highest BCUT2D eigenvalue weighted by atomic mass is 19.1. The molecule has 0 radical (unpaired) electrons. The van der Waals surface area contributed by atoms with Gasteiger partial charge < -0.3 is 14.9 Å². The summed E-state index contributed by atoms with van der Waals surface area (Å²) in [6, 6.07) is 7.44. The van der Waals surface area contributed by atoms with Crippen molar-refractivity contribution < 1.29 is 19.1 Å². The Bertz CT molecular complexity index is 1140. The SMILES string of the molecule is O=C(O)c1ccnc(N2C[C@H]3CN(C(=O)c4c(F)cccc4-n4nccn4)C[C@H]3C2)c1. The predicted octanol–water partition coefficient (Wildman–Crippen LogP) is 1.71. The Kier molecular flexibility index (Phi) is 4.61. The van der Waals surface area contributed by atoms with Crippen LogP contribution in [0, 0.1) is 17.7 Å². The van der Waals surface area contributed by atoms with Gasteiger partial charge in [-0.05, 0) is 24.3 Å². The number of hydrogen-bond acceptors (Lipinski definition) is 6. The Balaban J connectivity index is 1.33. The summed E-state index contributed by atoms with van der Waals surface area (Å²) in [4.78, 5) is 33.7. The van der Waals surface area contributed by atoms with Gasteiger partial charge in [0.25, 0.3) is 5.91 Å². The van der Waals surface area contributed by atoms with Gasteiger partial charge in [-0.3, -0.25) is 4.79 Å². The van der Waals surface area contributed by atoms with E-state index in [4.69, 9.17) is 0 Å². The molecule has 158 valence electrons. The highest BCUT2D eigenvalue weighted by Gasteiger charge is 2.43. The third-order valence-corrected chi connectivity index (χ3v) is 5.93. The molecule has 0 unspecified atom stereocenters. The van der Waals surface area contributed by atoms with E-state index in [1.54, 1.807) is 17.0 Å². The molecule has 2 aliphatic heterocycles. The number of aromatic nitrogens is 4. The maximum absolute atomic E-state index is 14.6. The lowest BCUT2D eigenvalue weighted by atomic mass is 10.0. The summed E-state index contributed by atoms with van der Waals surface area (Å²) in [5, 5.41) is 17.3. The number of likely N-dealkylation sites (tertiary alicyclic amines) is 1. The number of hydrogen-bond donors (Lipinski definition) is 1. The van der Waals surface area contributed by atoms with E-state index in [1.165, 1.54) is 41.6 Å². The van der Waals surface area contributed by atoms with Gasteiger partial charge in [-0.2, -0.15) is 15.0 Å². The number of carbonyl (C=O) groups is 2. The van der Waals surface area contributed by atoms with E-state index in [-0.39, 0.29) is 28.9 Å². The smallest absolute Gasteiger partial charge is 0.335 e. The predicted molar refractivity (Wildman–Crippen MR) is 108 cm³/mol. The van der Waals surface area contributed by atoms with Crippen LogP contribution in [0.25, 0.3) is 5.69 Å². The molecule has 9 nitrogen and oxygen atoms in total. The van der Waals surface area contributed by atoms with E-state index in [0.717, 1.165) is 0 Å². The molecule has 1 N–H and O–H groups in total. The quantitative estimate of drug-likeness (QED) is 0.682. The number of benzene rings is 1. The molecule has 0 saturated carbocycles. The molecule has 2 fully saturated rings. The molecule has 31 heavy (non-hydrogen) atoms. The number of nitrogens with zero attached hydrogens (tertiary/aromatic N) is 6. The Hall–Kier alpha value is -3.82. The third-order valence-electron chi connectivity index (χ3n) is 5.93. The Labute approximate surface area is 176 Å². The summed E-state index contributed by atoms with van der Waals surface area (Å²) in [6.45, 7) is 2.32. The minimum Gasteiger partial charge on any atom is -0.478 e. The molecular weight excluding hydrogens is 403 g/mol. The number of amides is 1. The molecule has 4 heterocycles. The monoisotopic (exact) mass is 422 g/mol. The highest BCUT2D eigenvalue weighted by Crippen LogP contribution is 2.34. The van der Waals surface area contributed by atoms with Crippen LogP contribution < -0.4 is 4.90 Å². The standard InChI is InChI=1S/C21H19FN6O3/c22-16-2-1-3-17(28-24-6-7-25-28)19(16)20(29)27-11-14-9-26(10-15(14)12-27)18-8-13(21(30)31)4-5-23-18/h1-8,14-15H,9-12H2,(H,30,31)/t14-,15+. The first-order valence-corrected chi connectivity index (χ1v) is 9.90. The second kappa shape index (κ2) is 7.46. The number of rotatable bonds is 4. The van der Waals surface area contributed by atoms with Crippen molar-refractivity contribution in [3.63, 3.8) is 0 Å². The van der Waals surface area contributed by atoms with E-state index in [9.17, 15) is 19.1 Å². The minimum absolute atomic E-state index is 0.0358. The molecule has 1 amide bonds. The Morgan fingerprint density at radius 3 is 2.39 bits per heavy atom. The van der Waals surface area contributed by atoms with Gasteiger partial charge in [0.2, 0.25) is 0 Å². The van der Waals surface area contributed by atoms with Crippen LogP contribution in [0.3, 0.4) is 0 Å². The first-order valence-electron chi connectivity index (χ1n) is 9.90. The zero-order chi connectivity index (χ0) is 21.5. The number of carboxylic acid groups (broad SMARTS) is 1. The van der Waals surface area contributed by atoms with Crippen LogP contribution in [0.1, 0.15) is 20.7 Å². The first kappa shape index (κ1) is 19.2. The summed E-state index contributed by atoms with van der Waals surface area (Å²) in [7, 11) is 0. The van der Waals surface area contributed by atoms with Gasteiger partial charge in [-0.25, -0.2) is 14.2 Å². The van der Waals surface area contributed by atoms with Crippen molar-refractivity contribution >= 4 is 17.7 Å². The van der Waals surface area contributed by atoms with Crippen molar-refractivity contribution in [3.8, 4) is 5.69 Å². The number of carboxylic acids is 1. The van der Waals surface area contributed by atoms with Crippen LogP contribution in [0.5, 0.6) is 0 Å². The fraction of sp³-hybridized carbons (Fsp3) is 0.286. The van der Waals surface area contributed by atoms with Gasteiger partial charge in [-0.15, -0.1) is 0 Å². The van der Waals surface area contributed by atoms with Crippen LogP contribution in [-0.2, 0) is 0 Å². The lowest BCUT2D eigenvalue weighted by Crippen LogP contribution is -2.34. The third kappa shape index (κ3) is 3.39. The van der Waals surface area contributed by atoms with E-state index in [0.29, 0.717) is 37.7 Å². The number of carbonyl (C=O) groups excluding carboxylic acids is 1. The molecule has 2 atom stereocenters. The molecule has 2 saturated heterocycles. The summed E-state index contributed by atoms with van der Waals surface area (Å²) in [6.07, 6.45) is 4.44. The summed E-state index contributed by atoms with van der Waals surface area (Å²) < 4.78 is 14.6. The van der Waals surface area contributed by atoms with Crippen LogP contribution in [0.2, 0.25) is 0 Å². The molecule has 5 rings (SSSR count). The molecule has 0 aliphatic carbocycles. The van der Waals surface area contributed by atoms with Crippen LogP contribution in [0.15, 0.2) is 48.9 Å². The summed E-state index contributed by atoms with van der Waals surface area (Å²) >= 11 is 0.